The molecule has 1 atom stereocenters. The van der Waals surface area contributed by atoms with E-state index in [9.17, 15) is 13.6 Å². The van der Waals surface area contributed by atoms with Crippen LogP contribution in [0.15, 0.2) is 18.2 Å². The van der Waals surface area contributed by atoms with E-state index in [1.165, 1.54) is 6.07 Å². The first-order chi connectivity index (χ1) is 12.6. The fourth-order valence-electron chi connectivity index (χ4n) is 3.88. The molecule has 0 radical (unpaired) electrons. The number of aromatic nitrogens is 2. The van der Waals surface area contributed by atoms with E-state index in [-0.39, 0.29) is 18.3 Å². The average molecular weight is 397 g/mol. The van der Waals surface area contributed by atoms with Crippen LogP contribution >= 0.6 is 12.4 Å². The fraction of sp³-hybridized carbons (Fsp3) is 0.474. The Morgan fingerprint density at radius 2 is 2.15 bits per heavy atom. The Labute approximate surface area is 162 Å². The summed E-state index contributed by atoms with van der Waals surface area (Å²) in [4.78, 5) is 12.6. The summed E-state index contributed by atoms with van der Waals surface area (Å²) in [6.07, 6.45) is 4.60. The van der Waals surface area contributed by atoms with Gasteiger partial charge in [0.05, 0.1) is 5.69 Å². The smallest absolute Gasteiger partial charge is 0.272 e. The lowest BCUT2D eigenvalue weighted by Crippen LogP contribution is -2.27. The number of rotatable bonds is 5. The number of carbonyl (C=O) groups is 1. The van der Waals surface area contributed by atoms with Crippen molar-refractivity contribution in [1.29, 1.82) is 0 Å². The first kappa shape index (κ1) is 19.8. The lowest BCUT2D eigenvalue weighted by Gasteiger charge is -2.09. The number of hydrogen-bond donors (Lipinski definition) is 2. The number of benzene rings is 1. The number of hydrogen-bond acceptors (Lipinski definition) is 3. The standard InChI is InChI=1S/C19H22F2N4O.ClH/c20-15-5-4-13(10-16(15)21)25-17-3-1-2-14(17)18(24-25)19(26)23-9-7-12-6-8-22-11-12;/h4-5,10,12,22H,1-3,6-9,11H2,(H,23,26);1H. The molecule has 0 saturated carbocycles. The van der Waals surface area contributed by atoms with E-state index < -0.39 is 11.6 Å². The molecule has 1 unspecified atom stereocenters. The van der Waals surface area contributed by atoms with Gasteiger partial charge in [-0.1, -0.05) is 0 Å². The summed E-state index contributed by atoms with van der Waals surface area (Å²) in [6.45, 7) is 2.68. The first-order valence-corrected chi connectivity index (χ1v) is 9.18. The third-order valence-corrected chi connectivity index (χ3v) is 5.29. The van der Waals surface area contributed by atoms with Gasteiger partial charge in [0.25, 0.3) is 5.91 Å². The van der Waals surface area contributed by atoms with E-state index in [2.05, 4.69) is 15.7 Å². The summed E-state index contributed by atoms with van der Waals surface area (Å²) in [5.41, 5.74) is 2.70. The molecule has 2 heterocycles. The molecule has 4 rings (SSSR count). The molecule has 1 aliphatic carbocycles. The summed E-state index contributed by atoms with van der Waals surface area (Å²) < 4.78 is 28.4. The predicted molar refractivity (Wildman–Crippen MR) is 101 cm³/mol. The first-order valence-electron chi connectivity index (χ1n) is 9.18. The third kappa shape index (κ3) is 3.99. The van der Waals surface area contributed by atoms with Crippen LogP contribution in [0.1, 0.15) is 41.0 Å². The van der Waals surface area contributed by atoms with Gasteiger partial charge in [-0.15, -0.1) is 12.4 Å². The van der Waals surface area contributed by atoms with Crippen molar-refractivity contribution >= 4 is 18.3 Å². The zero-order chi connectivity index (χ0) is 18.1. The van der Waals surface area contributed by atoms with E-state index in [1.54, 1.807) is 4.68 Å². The monoisotopic (exact) mass is 396 g/mol. The number of nitrogens with zero attached hydrogens (tertiary/aromatic N) is 2. The van der Waals surface area contributed by atoms with Crippen molar-refractivity contribution in [1.82, 2.24) is 20.4 Å². The number of amides is 1. The van der Waals surface area contributed by atoms with Crippen LogP contribution in [0.25, 0.3) is 5.69 Å². The second-order valence-electron chi connectivity index (χ2n) is 7.04. The molecular formula is C19H23ClF2N4O. The summed E-state index contributed by atoms with van der Waals surface area (Å²) in [5, 5.41) is 10.7. The maximum Gasteiger partial charge on any atom is 0.272 e. The number of nitrogens with one attached hydrogen (secondary N) is 2. The molecular weight excluding hydrogens is 374 g/mol. The highest BCUT2D eigenvalue weighted by molar-refractivity contribution is 5.94. The third-order valence-electron chi connectivity index (χ3n) is 5.29. The zero-order valence-electron chi connectivity index (χ0n) is 14.9. The van der Waals surface area contributed by atoms with Crippen LogP contribution in [0.3, 0.4) is 0 Å². The van der Waals surface area contributed by atoms with Crippen LogP contribution in [0, 0.1) is 17.6 Å². The molecule has 2 aliphatic rings. The molecule has 1 amide bonds. The second kappa shape index (κ2) is 8.35. The van der Waals surface area contributed by atoms with Crippen molar-refractivity contribution in [2.24, 2.45) is 5.92 Å². The van der Waals surface area contributed by atoms with Crippen LogP contribution in [0.2, 0.25) is 0 Å². The Bertz CT molecular complexity index is 833. The van der Waals surface area contributed by atoms with Gasteiger partial charge < -0.3 is 10.6 Å². The molecule has 2 aromatic rings. The molecule has 0 bridgehead atoms. The minimum Gasteiger partial charge on any atom is -0.351 e. The quantitative estimate of drug-likeness (QED) is 0.817. The molecule has 1 fully saturated rings. The van der Waals surface area contributed by atoms with Crippen molar-refractivity contribution < 1.29 is 13.6 Å². The fourth-order valence-corrected chi connectivity index (χ4v) is 3.88. The molecule has 8 heteroatoms. The number of carbonyl (C=O) groups excluding carboxylic acids is 1. The molecule has 0 spiro atoms. The van der Waals surface area contributed by atoms with E-state index in [4.69, 9.17) is 0 Å². The highest BCUT2D eigenvalue weighted by atomic mass is 35.5. The maximum atomic E-state index is 13.6. The summed E-state index contributed by atoms with van der Waals surface area (Å²) in [7, 11) is 0. The van der Waals surface area contributed by atoms with Gasteiger partial charge in [0.15, 0.2) is 17.3 Å². The van der Waals surface area contributed by atoms with Crippen LogP contribution < -0.4 is 10.6 Å². The molecule has 146 valence electrons. The van der Waals surface area contributed by atoms with E-state index >= 15 is 0 Å². The molecule has 1 aromatic heterocycles. The van der Waals surface area contributed by atoms with Gasteiger partial charge in [-0.25, -0.2) is 13.5 Å². The lowest BCUT2D eigenvalue weighted by atomic mass is 10.1. The normalized spacial score (nSPS) is 18.2. The van der Waals surface area contributed by atoms with Crippen LogP contribution in [0.4, 0.5) is 8.78 Å². The second-order valence-corrected chi connectivity index (χ2v) is 7.04. The van der Waals surface area contributed by atoms with Crippen LogP contribution in [0.5, 0.6) is 0 Å². The van der Waals surface area contributed by atoms with Gasteiger partial charge in [0, 0.05) is 23.9 Å². The zero-order valence-corrected chi connectivity index (χ0v) is 15.7. The lowest BCUT2D eigenvalue weighted by molar-refractivity contribution is 0.0945. The minimum atomic E-state index is -0.916. The number of fused-ring (bicyclic) bond motifs is 1. The Morgan fingerprint density at radius 3 is 2.89 bits per heavy atom. The van der Waals surface area contributed by atoms with Gasteiger partial charge in [-0.05, 0) is 63.2 Å². The minimum absolute atomic E-state index is 0. The van der Waals surface area contributed by atoms with Crippen LogP contribution in [-0.4, -0.2) is 35.3 Å². The van der Waals surface area contributed by atoms with Gasteiger partial charge >= 0.3 is 0 Å². The topological polar surface area (TPSA) is 59.0 Å². The summed E-state index contributed by atoms with van der Waals surface area (Å²) in [6, 6.07) is 3.69. The van der Waals surface area contributed by atoms with E-state index in [0.717, 1.165) is 68.6 Å². The molecule has 1 saturated heterocycles. The Balaban J connectivity index is 0.00000210. The Kier molecular flexibility index (Phi) is 6.11. The van der Waals surface area contributed by atoms with Crippen LogP contribution in [-0.2, 0) is 12.8 Å². The summed E-state index contributed by atoms with van der Waals surface area (Å²) >= 11 is 0. The highest BCUT2D eigenvalue weighted by Crippen LogP contribution is 2.28. The van der Waals surface area contributed by atoms with E-state index in [0.29, 0.717) is 23.8 Å². The van der Waals surface area contributed by atoms with Gasteiger partial charge in [0.1, 0.15) is 0 Å². The van der Waals surface area contributed by atoms with Gasteiger partial charge in [-0.2, -0.15) is 5.10 Å². The van der Waals surface area contributed by atoms with Gasteiger partial charge in [0.2, 0.25) is 0 Å². The van der Waals surface area contributed by atoms with Gasteiger partial charge in [-0.3, -0.25) is 4.79 Å². The Morgan fingerprint density at radius 1 is 1.30 bits per heavy atom. The average Bonchev–Trinajstić information content (AvgIpc) is 3.34. The van der Waals surface area contributed by atoms with E-state index in [1.807, 2.05) is 0 Å². The molecule has 2 N–H and O–H groups in total. The van der Waals surface area contributed by atoms with Crippen molar-refractivity contribution in [2.75, 3.05) is 19.6 Å². The van der Waals surface area contributed by atoms with Crippen molar-refractivity contribution in [3.63, 3.8) is 0 Å². The predicted octanol–water partition coefficient (Wildman–Crippen LogP) is 2.79. The summed E-state index contributed by atoms with van der Waals surface area (Å²) in [5.74, 6) is -1.38. The largest absolute Gasteiger partial charge is 0.351 e. The highest BCUT2D eigenvalue weighted by Gasteiger charge is 2.27. The Hall–Kier alpha value is -1.99. The molecule has 27 heavy (non-hydrogen) atoms. The molecule has 1 aromatic carbocycles. The molecule has 1 aliphatic heterocycles. The maximum absolute atomic E-state index is 13.6. The number of halogens is 3. The van der Waals surface area contributed by atoms with Crippen molar-refractivity contribution in [2.45, 2.75) is 32.1 Å². The molecule has 5 nitrogen and oxygen atoms in total. The van der Waals surface area contributed by atoms with Crippen molar-refractivity contribution in [3.8, 4) is 5.69 Å². The van der Waals surface area contributed by atoms with Crippen molar-refractivity contribution in [3.05, 3.63) is 46.8 Å². The SMILES string of the molecule is Cl.O=C(NCCC1CCNC1)c1nn(-c2ccc(F)c(F)c2)c2c1CCC2.